The highest BCUT2D eigenvalue weighted by Crippen LogP contribution is 2.17. The second kappa shape index (κ2) is 3.05. The van der Waals surface area contributed by atoms with E-state index < -0.39 is 0 Å². The molecular weight excluding hydrogens is 164 g/mol. The number of anilines is 1. The molecule has 1 saturated heterocycles. The first-order chi connectivity index (χ1) is 6.27. The number of hydrogen-bond donors (Lipinski definition) is 2. The van der Waals surface area contributed by atoms with Gasteiger partial charge in [0.15, 0.2) is 0 Å². The van der Waals surface area contributed by atoms with Gasteiger partial charge in [-0.1, -0.05) is 6.07 Å². The second-order valence-electron chi connectivity index (χ2n) is 3.14. The van der Waals surface area contributed by atoms with E-state index >= 15 is 0 Å². The number of nitrogens with one attached hydrogen (secondary N) is 1. The largest absolute Gasteiger partial charge is 0.382 e. The Morgan fingerprint density at radius 1 is 1.46 bits per heavy atom. The van der Waals surface area contributed by atoms with E-state index in [1.165, 1.54) is 6.42 Å². The van der Waals surface area contributed by atoms with Gasteiger partial charge in [-0.05, 0) is 18.6 Å². The smallest absolute Gasteiger partial charge is 0.141 e. The van der Waals surface area contributed by atoms with Crippen molar-refractivity contribution in [2.24, 2.45) is 5.73 Å². The van der Waals surface area contributed by atoms with Crippen LogP contribution >= 0.6 is 0 Å². The highest BCUT2D eigenvalue weighted by molar-refractivity contribution is 5.93. The summed E-state index contributed by atoms with van der Waals surface area (Å²) >= 11 is 0. The first kappa shape index (κ1) is 8.04. The van der Waals surface area contributed by atoms with Crippen LogP contribution in [0, 0.1) is 5.41 Å². The lowest BCUT2D eigenvalue weighted by atomic mass is 10.2. The van der Waals surface area contributed by atoms with Crippen molar-refractivity contribution in [3.8, 4) is 0 Å². The topological polar surface area (TPSA) is 66.0 Å². The van der Waals surface area contributed by atoms with Crippen molar-refractivity contribution in [1.29, 1.82) is 5.41 Å². The molecule has 3 N–H and O–H groups in total. The molecule has 1 fully saturated rings. The number of pyridine rings is 1. The lowest BCUT2D eigenvalue weighted by molar-refractivity contribution is 0.609. The van der Waals surface area contributed by atoms with Gasteiger partial charge in [0.25, 0.3) is 0 Å². The normalized spacial score (nSPS) is 15.2. The molecule has 0 atom stereocenters. The van der Waals surface area contributed by atoms with E-state index in [0.29, 0.717) is 5.69 Å². The van der Waals surface area contributed by atoms with Gasteiger partial charge in [-0.15, -0.1) is 0 Å². The molecule has 1 aromatic rings. The zero-order chi connectivity index (χ0) is 9.26. The molecule has 0 aromatic carbocycles. The highest BCUT2D eigenvalue weighted by Gasteiger charge is 2.15. The fourth-order valence-electron chi connectivity index (χ4n) is 1.29. The summed E-state index contributed by atoms with van der Waals surface area (Å²) in [5, 5.41) is 7.24. The van der Waals surface area contributed by atoms with Crippen LogP contribution in [0.25, 0.3) is 0 Å². The molecule has 1 aliphatic heterocycles. The number of nitrogens with zero attached hydrogens (tertiary/aromatic N) is 2. The summed E-state index contributed by atoms with van der Waals surface area (Å²) < 4.78 is 0. The minimum Gasteiger partial charge on any atom is -0.382 e. The van der Waals surface area contributed by atoms with Crippen molar-refractivity contribution < 1.29 is 0 Å². The average molecular weight is 176 g/mol. The molecule has 68 valence electrons. The number of amidine groups is 1. The minimum absolute atomic E-state index is 0.0300. The number of nitrogens with two attached hydrogens (primary N) is 1. The van der Waals surface area contributed by atoms with Crippen molar-refractivity contribution in [3.63, 3.8) is 0 Å². The molecule has 0 bridgehead atoms. The molecule has 0 saturated carbocycles. The molecule has 4 nitrogen and oxygen atoms in total. The van der Waals surface area contributed by atoms with Gasteiger partial charge in [-0.3, -0.25) is 5.41 Å². The molecule has 0 radical (unpaired) electrons. The monoisotopic (exact) mass is 176 g/mol. The fraction of sp³-hybridized carbons (Fsp3) is 0.333. The van der Waals surface area contributed by atoms with Gasteiger partial charge in [0.2, 0.25) is 0 Å². The van der Waals surface area contributed by atoms with Crippen LogP contribution in [-0.2, 0) is 0 Å². The summed E-state index contributed by atoms with van der Waals surface area (Å²) in [4.78, 5) is 6.44. The molecule has 2 rings (SSSR count). The summed E-state index contributed by atoms with van der Waals surface area (Å²) in [5.41, 5.74) is 5.90. The van der Waals surface area contributed by atoms with Crippen molar-refractivity contribution in [2.75, 3.05) is 18.0 Å². The van der Waals surface area contributed by atoms with Crippen LogP contribution in [0.2, 0.25) is 0 Å². The molecule has 0 unspecified atom stereocenters. The fourth-order valence-corrected chi connectivity index (χ4v) is 1.29. The Morgan fingerprint density at radius 2 is 2.23 bits per heavy atom. The molecule has 13 heavy (non-hydrogen) atoms. The maximum absolute atomic E-state index is 7.24. The van der Waals surface area contributed by atoms with Crippen molar-refractivity contribution in [1.82, 2.24) is 4.98 Å². The lowest BCUT2D eigenvalue weighted by Crippen LogP contribution is -2.37. The summed E-state index contributed by atoms with van der Waals surface area (Å²) in [6, 6.07) is 5.59. The van der Waals surface area contributed by atoms with E-state index in [1.54, 1.807) is 6.07 Å². The standard InChI is InChI=1S/C9H12N4/c10-9(11)7-3-1-4-8(12-7)13-5-2-6-13/h1,3-4H,2,5-6H2,(H3,10,11). The van der Waals surface area contributed by atoms with Gasteiger partial charge in [-0.25, -0.2) is 4.98 Å². The molecule has 2 heterocycles. The Bertz CT molecular complexity index is 330. The van der Waals surface area contributed by atoms with Crippen molar-refractivity contribution in [2.45, 2.75) is 6.42 Å². The van der Waals surface area contributed by atoms with Gasteiger partial charge in [0.05, 0.1) is 0 Å². The molecule has 1 aliphatic rings. The summed E-state index contributed by atoms with van der Waals surface area (Å²) in [7, 11) is 0. The van der Waals surface area contributed by atoms with Crippen LogP contribution in [0.4, 0.5) is 5.82 Å². The summed E-state index contributed by atoms with van der Waals surface area (Å²) in [6.45, 7) is 2.13. The van der Waals surface area contributed by atoms with Crippen LogP contribution in [0.15, 0.2) is 18.2 Å². The van der Waals surface area contributed by atoms with E-state index in [1.807, 2.05) is 12.1 Å². The van der Waals surface area contributed by atoms with Crippen molar-refractivity contribution >= 4 is 11.7 Å². The minimum atomic E-state index is 0.0300. The van der Waals surface area contributed by atoms with Crippen LogP contribution < -0.4 is 10.6 Å². The van der Waals surface area contributed by atoms with Crippen LogP contribution in [-0.4, -0.2) is 23.9 Å². The highest BCUT2D eigenvalue weighted by atomic mass is 15.2. The Kier molecular flexibility index (Phi) is 1.88. The Labute approximate surface area is 76.9 Å². The predicted octanol–water partition coefficient (Wildman–Crippen LogP) is 0.576. The number of rotatable bonds is 2. The van der Waals surface area contributed by atoms with E-state index in [9.17, 15) is 0 Å². The van der Waals surface area contributed by atoms with Crippen LogP contribution in [0.1, 0.15) is 12.1 Å². The third-order valence-electron chi connectivity index (χ3n) is 2.19. The molecule has 0 spiro atoms. The Balaban J connectivity index is 2.26. The molecule has 0 amide bonds. The van der Waals surface area contributed by atoms with E-state index in [2.05, 4.69) is 9.88 Å². The van der Waals surface area contributed by atoms with Gasteiger partial charge < -0.3 is 10.6 Å². The van der Waals surface area contributed by atoms with Crippen LogP contribution in [0.5, 0.6) is 0 Å². The number of aromatic nitrogens is 1. The summed E-state index contributed by atoms with van der Waals surface area (Å²) in [6.07, 6.45) is 1.23. The quantitative estimate of drug-likeness (QED) is 0.511. The van der Waals surface area contributed by atoms with E-state index in [0.717, 1.165) is 18.9 Å². The van der Waals surface area contributed by atoms with Gasteiger partial charge in [-0.2, -0.15) is 0 Å². The second-order valence-corrected chi connectivity index (χ2v) is 3.14. The first-order valence-electron chi connectivity index (χ1n) is 4.34. The van der Waals surface area contributed by atoms with E-state index in [-0.39, 0.29) is 5.84 Å². The third-order valence-corrected chi connectivity index (χ3v) is 2.19. The van der Waals surface area contributed by atoms with Crippen LogP contribution in [0.3, 0.4) is 0 Å². The molecule has 1 aromatic heterocycles. The SMILES string of the molecule is N=C(N)c1cccc(N2CCC2)n1. The zero-order valence-corrected chi connectivity index (χ0v) is 7.33. The molecular formula is C9H12N4. The number of nitrogen functional groups attached to an aromatic ring is 1. The Morgan fingerprint density at radius 3 is 2.77 bits per heavy atom. The molecule has 0 aliphatic carbocycles. The maximum atomic E-state index is 7.24. The van der Waals surface area contributed by atoms with Crippen molar-refractivity contribution in [3.05, 3.63) is 23.9 Å². The van der Waals surface area contributed by atoms with Gasteiger partial charge in [0.1, 0.15) is 17.3 Å². The average Bonchev–Trinajstić information content (AvgIpc) is 2.01. The Hall–Kier alpha value is -1.58. The van der Waals surface area contributed by atoms with Gasteiger partial charge >= 0.3 is 0 Å². The maximum Gasteiger partial charge on any atom is 0.141 e. The van der Waals surface area contributed by atoms with E-state index in [4.69, 9.17) is 11.1 Å². The number of hydrogen-bond acceptors (Lipinski definition) is 3. The summed E-state index contributed by atoms with van der Waals surface area (Å²) in [5.74, 6) is 0.960. The third kappa shape index (κ3) is 1.47. The molecule has 4 heteroatoms. The first-order valence-corrected chi connectivity index (χ1v) is 4.34. The van der Waals surface area contributed by atoms with Gasteiger partial charge in [0, 0.05) is 13.1 Å². The predicted molar refractivity (Wildman–Crippen MR) is 52.1 cm³/mol. The lowest BCUT2D eigenvalue weighted by Gasteiger charge is -2.32. The zero-order valence-electron chi connectivity index (χ0n) is 7.33.